The zero-order chi connectivity index (χ0) is 17.6. The van der Waals surface area contributed by atoms with Crippen LogP contribution in [0.3, 0.4) is 0 Å². The number of anilines is 1. The van der Waals surface area contributed by atoms with E-state index in [0.29, 0.717) is 6.54 Å². The minimum atomic E-state index is 0.198. The smallest absolute Gasteiger partial charge is 0.236 e. The topological polar surface area (TPSA) is 26.8 Å². The minimum Gasteiger partial charge on any atom is -0.368 e. The Morgan fingerprint density at radius 1 is 1.04 bits per heavy atom. The molecule has 1 amide bonds. The van der Waals surface area contributed by atoms with Crippen LogP contribution in [0.15, 0.2) is 54.6 Å². The summed E-state index contributed by atoms with van der Waals surface area (Å²) in [5.74, 6) is 0.198. The van der Waals surface area contributed by atoms with Gasteiger partial charge in [0, 0.05) is 43.4 Å². The van der Waals surface area contributed by atoms with Gasteiger partial charge in [-0.05, 0) is 30.8 Å². The first-order valence-corrected chi connectivity index (χ1v) is 9.00. The second kappa shape index (κ2) is 8.37. The Morgan fingerprint density at radius 2 is 1.76 bits per heavy atom. The second-order valence-electron chi connectivity index (χ2n) is 6.51. The Balaban J connectivity index is 1.48. The number of amides is 1. The molecule has 0 saturated carbocycles. The fourth-order valence-electron chi connectivity index (χ4n) is 3.17. The van der Waals surface area contributed by atoms with E-state index in [-0.39, 0.29) is 5.91 Å². The van der Waals surface area contributed by atoms with Crippen molar-refractivity contribution in [2.75, 3.05) is 44.7 Å². The highest BCUT2D eigenvalue weighted by atomic mass is 35.5. The SMILES string of the molecule is CN(CC(=O)N1CCN(c2cccc(Cl)c2)CC1)Cc1ccccc1. The van der Waals surface area contributed by atoms with Gasteiger partial charge in [0.15, 0.2) is 0 Å². The number of likely N-dealkylation sites (N-methyl/N-ethyl adjacent to an activating group) is 1. The van der Waals surface area contributed by atoms with Crippen molar-refractivity contribution in [3.63, 3.8) is 0 Å². The van der Waals surface area contributed by atoms with Crippen molar-refractivity contribution in [1.29, 1.82) is 0 Å². The molecule has 0 spiro atoms. The molecule has 1 aliphatic heterocycles. The molecule has 0 bridgehead atoms. The van der Waals surface area contributed by atoms with E-state index in [1.165, 1.54) is 5.56 Å². The average Bonchev–Trinajstić information content (AvgIpc) is 2.62. The highest BCUT2D eigenvalue weighted by molar-refractivity contribution is 6.30. The molecule has 2 aromatic carbocycles. The molecule has 1 saturated heterocycles. The maximum Gasteiger partial charge on any atom is 0.236 e. The van der Waals surface area contributed by atoms with Crippen LogP contribution in [-0.2, 0) is 11.3 Å². The molecule has 1 heterocycles. The lowest BCUT2D eigenvalue weighted by atomic mass is 10.2. The zero-order valence-corrected chi connectivity index (χ0v) is 15.3. The number of carbonyl (C=O) groups is 1. The Labute approximate surface area is 154 Å². The van der Waals surface area contributed by atoms with Crippen molar-refractivity contribution >= 4 is 23.2 Å². The molecular formula is C20H24ClN3O. The number of piperazine rings is 1. The van der Waals surface area contributed by atoms with E-state index >= 15 is 0 Å². The zero-order valence-electron chi connectivity index (χ0n) is 14.6. The molecule has 4 nitrogen and oxygen atoms in total. The maximum atomic E-state index is 12.5. The Hall–Kier alpha value is -2.04. The van der Waals surface area contributed by atoms with E-state index < -0.39 is 0 Å². The average molecular weight is 358 g/mol. The third-order valence-corrected chi connectivity index (χ3v) is 4.74. The number of nitrogens with zero attached hydrogens (tertiary/aromatic N) is 3. The third kappa shape index (κ3) is 4.97. The van der Waals surface area contributed by atoms with Crippen LogP contribution in [0.5, 0.6) is 0 Å². The first-order valence-electron chi connectivity index (χ1n) is 8.62. The van der Waals surface area contributed by atoms with Crippen molar-refractivity contribution in [3.8, 4) is 0 Å². The van der Waals surface area contributed by atoms with Crippen LogP contribution in [-0.4, -0.2) is 55.5 Å². The summed E-state index contributed by atoms with van der Waals surface area (Å²) in [7, 11) is 1.99. The maximum absolute atomic E-state index is 12.5. The molecule has 5 heteroatoms. The molecule has 0 unspecified atom stereocenters. The summed E-state index contributed by atoms with van der Waals surface area (Å²) >= 11 is 6.07. The minimum absolute atomic E-state index is 0.198. The number of benzene rings is 2. The van der Waals surface area contributed by atoms with E-state index in [1.807, 2.05) is 48.3 Å². The standard InChI is InChI=1S/C20H24ClN3O/c1-22(15-17-6-3-2-4-7-17)16-20(25)24-12-10-23(11-13-24)19-9-5-8-18(21)14-19/h2-9,14H,10-13,15-16H2,1H3. The molecule has 25 heavy (non-hydrogen) atoms. The second-order valence-corrected chi connectivity index (χ2v) is 6.94. The van der Waals surface area contributed by atoms with Gasteiger partial charge in [0.2, 0.25) is 5.91 Å². The first-order chi connectivity index (χ1) is 12.1. The van der Waals surface area contributed by atoms with Gasteiger partial charge in [0.05, 0.1) is 6.54 Å². The summed E-state index contributed by atoms with van der Waals surface area (Å²) in [6.07, 6.45) is 0. The Morgan fingerprint density at radius 3 is 2.44 bits per heavy atom. The van der Waals surface area contributed by atoms with Gasteiger partial charge in [-0.1, -0.05) is 48.0 Å². The number of hydrogen-bond acceptors (Lipinski definition) is 3. The van der Waals surface area contributed by atoms with E-state index in [2.05, 4.69) is 28.0 Å². The Kier molecular flexibility index (Phi) is 5.95. The fourth-order valence-corrected chi connectivity index (χ4v) is 3.35. The largest absolute Gasteiger partial charge is 0.368 e. The molecule has 3 rings (SSSR count). The molecule has 0 radical (unpaired) electrons. The van der Waals surface area contributed by atoms with Crippen LogP contribution in [0.1, 0.15) is 5.56 Å². The van der Waals surface area contributed by atoms with Crippen LogP contribution in [0.2, 0.25) is 5.02 Å². The number of carbonyl (C=O) groups excluding carboxylic acids is 1. The molecule has 0 aromatic heterocycles. The third-order valence-electron chi connectivity index (χ3n) is 4.51. The number of hydrogen-bond donors (Lipinski definition) is 0. The predicted octanol–water partition coefficient (Wildman–Crippen LogP) is 3.12. The highest BCUT2D eigenvalue weighted by Gasteiger charge is 2.22. The molecular weight excluding hydrogens is 334 g/mol. The van der Waals surface area contributed by atoms with Gasteiger partial charge in [-0.2, -0.15) is 0 Å². The van der Waals surface area contributed by atoms with E-state index in [0.717, 1.165) is 43.4 Å². The summed E-state index contributed by atoms with van der Waals surface area (Å²) in [6.45, 7) is 4.43. The van der Waals surface area contributed by atoms with Crippen molar-refractivity contribution in [2.24, 2.45) is 0 Å². The van der Waals surface area contributed by atoms with Gasteiger partial charge < -0.3 is 9.80 Å². The van der Waals surface area contributed by atoms with Gasteiger partial charge >= 0.3 is 0 Å². The Bertz CT molecular complexity index is 699. The molecule has 0 aliphatic carbocycles. The monoisotopic (exact) mass is 357 g/mol. The normalized spacial score (nSPS) is 14.8. The summed E-state index contributed by atoms with van der Waals surface area (Å²) in [6, 6.07) is 18.1. The lowest BCUT2D eigenvalue weighted by molar-refractivity contribution is -0.132. The summed E-state index contributed by atoms with van der Waals surface area (Å²) < 4.78 is 0. The van der Waals surface area contributed by atoms with Gasteiger partial charge in [0.25, 0.3) is 0 Å². The molecule has 132 valence electrons. The first kappa shape index (κ1) is 17.8. The van der Waals surface area contributed by atoms with Crippen LogP contribution in [0.25, 0.3) is 0 Å². The van der Waals surface area contributed by atoms with E-state index in [4.69, 9.17) is 11.6 Å². The lowest BCUT2D eigenvalue weighted by Gasteiger charge is -2.36. The summed E-state index contributed by atoms with van der Waals surface area (Å²) in [4.78, 5) is 18.9. The van der Waals surface area contributed by atoms with Crippen LogP contribution < -0.4 is 4.90 Å². The van der Waals surface area contributed by atoms with Gasteiger partial charge in [0.1, 0.15) is 0 Å². The number of rotatable bonds is 5. The van der Waals surface area contributed by atoms with Gasteiger partial charge in [-0.15, -0.1) is 0 Å². The highest BCUT2D eigenvalue weighted by Crippen LogP contribution is 2.20. The van der Waals surface area contributed by atoms with Gasteiger partial charge in [-0.25, -0.2) is 0 Å². The van der Waals surface area contributed by atoms with Crippen LogP contribution in [0, 0.1) is 0 Å². The molecule has 1 aliphatic rings. The quantitative estimate of drug-likeness (QED) is 0.822. The number of halogens is 1. The molecule has 1 fully saturated rings. The fraction of sp³-hybridized carbons (Fsp3) is 0.350. The lowest BCUT2D eigenvalue weighted by Crippen LogP contribution is -2.51. The molecule has 0 N–H and O–H groups in total. The van der Waals surface area contributed by atoms with E-state index in [1.54, 1.807) is 0 Å². The van der Waals surface area contributed by atoms with Crippen LogP contribution >= 0.6 is 11.6 Å². The van der Waals surface area contributed by atoms with E-state index in [9.17, 15) is 4.79 Å². The summed E-state index contributed by atoms with van der Waals surface area (Å²) in [5, 5.41) is 0.749. The predicted molar refractivity (Wildman–Crippen MR) is 103 cm³/mol. The van der Waals surface area contributed by atoms with Gasteiger partial charge in [-0.3, -0.25) is 9.69 Å². The summed E-state index contributed by atoms with van der Waals surface area (Å²) in [5.41, 5.74) is 2.35. The van der Waals surface area contributed by atoms with Crippen molar-refractivity contribution in [3.05, 3.63) is 65.2 Å². The molecule has 0 atom stereocenters. The van der Waals surface area contributed by atoms with Crippen LogP contribution in [0.4, 0.5) is 5.69 Å². The van der Waals surface area contributed by atoms with Crippen molar-refractivity contribution < 1.29 is 4.79 Å². The van der Waals surface area contributed by atoms with Crippen molar-refractivity contribution in [2.45, 2.75) is 6.54 Å². The van der Waals surface area contributed by atoms with Crippen molar-refractivity contribution in [1.82, 2.24) is 9.80 Å². The molecule has 2 aromatic rings.